The van der Waals surface area contributed by atoms with Crippen LogP contribution in [0, 0.1) is 5.92 Å². The van der Waals surface area contributed by atoms with Crippen LogP contribution in [0.4, 0.5) is 10.5 Å². The Morgan fingerprint density at radius 1 is 1.43 bits per heavy atom. The van der Waals surface area contributed by atoms with Gasteiger partial charge in [0.05, 0.1) is 12.7 Å². The second kappa shape index (κ2) is 8.77. The zero-order valence-corrected chi connectivity index (χ0v) is 14.1. The Labute approximate surface area is 138 Å². The molecule has 0 radical (unpaired) electrons. The molecule has 1 aromatic rings. The molecule has 0 aliphatic heterocycles. The third-order valence-corrected chi connectivity index (χ3v) is 4.33. The highest BCUT2D eigenvalue weighted by Gasteiger charge is 2.27. The number of hydrogen-bond acceptors (Lipinski definition) is 3. The van der Waals surface area contributed by atoms with Gasteiger partial charge in [-0.3, -0.25) is 0 Å². The number of unbranched alkanes of at least 4 members (excludes halogenated alkanes) is 1. The summed E-state index contributed by atoms with van der Waals surface area (Å²) in [5, 5.41) is 12.8. The van der Waals surface area contributed by atoms with Crippen molar-refractivity contribution in [1.29, 1.82) is 0 Å². The molecule has 0 saturated heterocycles. The molecule has 2 amide bonds. The van der Waals surface area contributed by atoms with Gasteiger partial charge >= 0.3 is 6.03 Å². The molecule has 2 rings (SSSR count). The predicted molar refractivity (Wildman–Crippen MR) is 91.8 cm³/mol. The zero-order chi connectivity index (χ0) is 16.7. The van der Waals surface area contributed by atoms with Crippen molar-refractivity contribution in [3.8, 4) is 5.75 Å². The van der Waals surface area contributed by atoms with Gasteiger partial charge in [-0.2, -0.15) is 0 Å². The number of aliphatic hydroxyl groups is 1. The van der Waals surface area contributed by atoms with Crippen LogP contribution in [0.1, 0.15) is 39.0 Å². The van der Waals surface area contributed by atoms with E-state index in [-0.39, 0.29) is 18.1 Å². The summed E-state index contributed by atoms with van der Waals surface area (Å²) in [5.74, 6) is 0.958. The topological polar surface area (TPSA) is 61.8 Å². The Bertz CT molecular complexity index is 507. The van der Waals surface area contributed by atoms with E-state index in [4.69, 9.17) is 4.74 Å². The minimum atomic E-state index is -0.277. The second-order valence-electron chi connectivity index (χ2n) is 6.30. The van der Waals surface area contributed by atoms with Gasteiger partial charge in [0.25, 0.3) is 0 Å². The fourth-order valence-corrected chi connectivity index (χ4v) is 2.88. The second-order valence-corrected chi connectivity index (χ2v) is 6.30. The predicted octanol–water partition coefficient (Wildman–Crippen LogP) is 3.49. The molecule has 23 heavy (non-hydrogen) atoms. The van der Waals surface area contributed by atoms with Crippen molar-refractivity contribution >= 4 is 11.7 Å². The van der Waals surface area contributed by atoms with Crippen LogP contribution in [0.5, 0.6) is 5.75 Å². The molecule has 5 heteroatoms. The highest BCUT2D eigenvalue weighted by Crippen LogP contribution is 2.26. The Kier molecular flexibility index (Phi) is 6.71. The number of aliphatic hydroxyl groups excluding tert-OH is 1. The molecule has 1 aliphatic rings. The van der Waals surface area contributed by atoms with Gasteiger partial charge in [0, 0.05) is 31.3 Å². The van der Waals surface area contributed by atoms with Crippen molar-refractivity contribution in [2.45, 2.75) is 45.1 Å². The van der Waals surface area contributed by atoms with E-state index >= 15 is 0 Å². The Hall–Kier alpha value is -1.75. The minimum absolute atomic E-state index is 0.158. The third kappa shape index (κ3) is 5.43. The number of carbonyl (C=O) groups excluding carboxylic acids is 1. The number of amides is 2. The maximum atomic E-state index is 12.3. The summed E-state index contributed by atoms with van der Waals surface area (Å²) in [6.45, 7) is 3.39. The Balaban J connectivity index is 1.85. The van der Waals surface area contributed by atoms with E-state index in [1.54, 1.807) is 11.9 Å². The average Bonchev–Trinajstić information content (AvgIpc) is 2.93. The molecule has 2 unspecified atom stereocenters. The average molecular weight is 320 g/mol. The maximum absolute atomic E-state index is 12.3. The number of nitrogens with zero attached hydrogens (tertiary/aromatic N) is 1. The lowest BCUT2D eigenvalue weighted by Crippen LogP contribution is -2.37. The third-order valence-electron chi connectivity index (χ3n) is 4.33. The van der Waals surface area contributed by atoms with Gasteiger partial charge in [-0.15, -0.1) is 0 Å². The number of rotatable bonds is 7. The zero-order valence-electron chi connectivity index (χ0n) is 14.1. The van der Waals surface area contributed by atoms with Crippen molar-refractivity contribution in [2.75, 3.05) is 25.5 Å². The summed E-state index contributed by atoms with van der Waals surface area (Å²) in [5.41, 5.74) is 0.725. The molecule has 0 bridgehead atoms. The fourth-order valence-electron chi connectivity index (χ4n) is 2.88. The summed E-state index contributed by atoms with van der Waals surface area (Å²) in [4.78, 5) is 13.9. The molecule has 128 valence electrons. The van der Waals surface area contributed by atoms with Crippen LogP contribution in [-0.4, -0.2) is 42.3 Å². The van der Waals surface area contributed by atoms with Crippen LogP contribution < -0.4 is 10.1 Å². The normalized spacial score (nSPS) is 20.3. The van der Waals surface area contributed by atoms with Crippen LogP contribution >= 0.6 is 0 Å². The molecule has 0 aromatic heterocycles. The molecule has 1 fully saturated rings. The standard InChI is InChI=1S/C18H28N2O3/c1-3-4-11-23-16-9-6-8-15(12-16)19-18(22)20(2)13-14-7-5-10-17(14)21/h6,8-9,12,14,17,21H,3-5,7,10-11,13H2,1-2H3,(H,19,22). The number of ether oxygens (including phenoxy) is 1. The van der Waals surface area contributed by atoms with Gasteiger partial charge in [0.2, 0.25) is 0 Å². The van der Waals surface area contributed by atoms with E-state index in [2.05, 4.69) is 12.2 Å². The van der Waals surface area contributed by atoms with Crippen molar-refractivity contribution in [2.24, 2.45) is 5.92 Å². The van der Waals surface area contributed by atoms with Crippen LogP contribution in [-0.2, 0) is 0 Å². The molecule has 1 saturated carbocycles. The lowest BCUT2D eigenvalue weighted by molar-refractivity contribution is 0.116. The Morgan fingerprint density at radius 2 is 2.26 bits per heavy atom. The highest BCUT2D eigenvalue weighted by atomic mass is 16.5. The van der Waals surface area contributed by atoms with Gasteiger partial charge in [-0.1, -0.05) is 25.8 Å². The maximum Gasteiger partial charge on any atom is 0.321 e. The first-order valence-electron chi connectivity index (χ1n) is 8.53. The van der Waals surface area contributed by atoms with Crippen LogP contribution in [0.25, 0.3) is 0 Å². The SMILES string of the molecule is CCCCOc1cccc(NC(=O)N(C)CC2CCCC2O)c1. The smallest absolute Gasteiger partial charge is 0.321 e. The minimum Gasteiger partial charge on any atom is -0.494 e. The first kappa shape index (κ1) is 17.6. The van der Waals surface area contributed by atoms with Crippen molar-refractivity contribution in [3.63, 3.8) is 0 Å². The molecule has 2 N–H and O–H groups in total. The summed E-state index contributed by atoms with van der Waals surface area (Å²) < 4.78 is 5.65. The molecule has 0 spiro atoms. The van der Waals surface area contributed by atoms with Crippen LogP contribution in [0.15, 0.2) is 24.3 Å². The molecular weight excluding hydrogens is 292 g/mol. The van der Waals surface area contributed by atoms with Gasteiger partial charge in [-0.05, 0) is 31.4 Å². The quantitative estimate of drug-likeness (QED) is 0.756. The first-order chi connectivity index (χ1) is 11.1. The van der Waals surface area contributed by atoms with E-state index in [0.717, 1.165) is 43.5 Å². The van der Waals surface area contributed by atoms with E-state index in [9.17, 15) is 9.90 Å². The van der Waals surface area contributed by atoms with E-state index in [1.807, 2.05) is 24.3 Å². The molecule has 1 aromatic carbocycles. The van der Waals surface area contributed by atoms with Crippen LogP contribution in [0.3, 0.4) is 0 Å². The van der Waals surface area contributed by atoms with E-state index in [1.165, 1.54) is 0 Å². The number of urea groups is 1. The number of anilines is 1. The van der Waals surface area contributed by atoms with E-state index < -0.39 is 0 Å². The molecule has 0 heterocycles. The number of nitrogens with one attached hydrogen (secondary N) is 1. The Morgan fingerprint density at radius 3 is 2.96 bits per heavy atom. The lowest BCUT2D eigenvalue weighted by Gasteiger charge is -2.23. The molecule has 1 aliphatic carbocycles. The molecular formula is C18H28N2O3. The lowest BCUT2D eigenvalue weighted by atomic mass is 10.1. The van der Waals surface area contributed by atoms with Crippen molar-refractivity contribution in [3.05, 3.63) is 24.3 Å². The summed E-state index contributed by atoms with van der Waals surface area (Å²) in [6, 6.07) is 7.30. The number of hydrogen-bond donors (Lipinski definition) is 2. The summed E-state index contributed by atoms with van der Waals surface area (Å²) in [6.07, 6.45) is 4.70. The number of benzene rings is 1. The van der Waals surface area contributed by atoms with Gasteiger partial charge in [-0.25, -0.2) is 4.79 Å². The first-order valence-corrected chi connectivity index (χ1v) is 8.53. The van der Waals surface area contributed by atoms with Gasteiger partial charge in [0.1, 0.15) is 5.75 Å². The molecule has 2 atom stereocenters. The van der Waals surface area contributed by atoms with Gasteiger partial charge < -0.3 is 20.1 Å². The van der Waals surface area contributed by atoms with E-state index in [0.29, 0.717) is 13.2 Å². The fraction of sp³-hybridized carbons (Fsp3) is 0.611. The highest BCUT2D eigenvalue weighted by molar-refractivity contribution is 5.89. The van der Waals surface area contributed by atoms with Crippen molar-refractivity contribution < 1.29 is 14.6 Å². The van der Waals surface area contributed by atoms with Gasteiger partial charge in [0.15, 0.2) is 0 Å². The summed E-state index contributed by atoms with van der Waals surface area (Å²) in [7, 11) is 1.77. The van der Waals surface area contributed by atoms with Crippen LogP contribution in [0.2, 0.25) is 0 Å². The monoisotopic (exact) mass is 320 g/mol. The summed E-state index contributed by atoms with van der Waals surface area (Å²) >= 11 is 0. The van der Waals surface area contributed by atoms with Crippen molar-refractivity contribution in [1.82, 2.24) is 4.90 Å². The largest absolute Gasteiger partial charge is 0.494 e. The number of carbonyl (C=O) groups is 1. The molecule has 5 nitrogen and oxygen atoms in total.